The fourth-order valence-corrected chi connectivity index (χ4v) is 4.60. The van der Waals surface area contributed by atoms with Crippen molar-refractivity contribution < 1.29 is 18.8 Å². The first-order chi connectivity index (χ1) is 19.3. The van der Waals surface area contributed by atoms with E-state index in [4.69, 9.17) is 11.6 Å². The average Bonchev–Trinajstić information content (AvgIpc) is 2.95. The molecule has 4 aromatic carbocycles. The highest BCUT2D eigenvalue weighted by atomic mass is 35.5. The van der Waals surface area contributed by atoms with Crippen molar-refractivity contribution in [2.45, 2.75) is 17.1 Å². The summed E-state index contributed by atoms with van der Waals surface area (Å²) < 4.78 is 13.4. The third kappa shape index (κ3) is 8.30. The van der Waals surface area contributed by atoms with E-state index >= 15 is 0 Å². The number of hydrogen-bond acceptors (Lipinski definition) is 4. The van der Waals surface area contributed by atoms with Crippen LogP contribution in [-0.4, -0.2) is 23.0 Å². The molecule has 0 aliphatic rings. The van der Waals surface area contributed by atoms with E-state index < -0.39 is 22.9 Å². The van der Waals surface area contributed by atoms with Crippen LogP contribution < -0.4 is 16.0 Å². The first-order valence-corrected chi connectivity index (χ1v) is 13.5. The standard InChI is InChI=1S/C31H25ClFN3O3S/c1-20(29(37)34-25-16-12-23(32)13-17-25)40-27-9-5-8-26(19-27)35-31(39)28(18-21-10-14-24(33)15-11-21)36-30(38)22-6-3-2-4-7-22/h2-20H,1H3,(H,34,37)(H,35,39)(H,36,38)/b28-18-. The van der Waals surface area contributed by atoms with Crippen molar-refractivity contribution in [3.8, 4) is 0 Å². The van der Waals surface area contributed by atoms with E-state index in [-0.39, 0.29) is 11.6 Å². The molecule has 0 aliphatic heterocycles. The van der Waals surface area contributed by atoms with Crippen LogP contribution in [0.25, 0.3) is 6.08 Å². The first-order valence-electron chi connectivity index (χ1n) is 12.2. The fraction of sp³-hybridized carbons (Fsp3) is 0.0645. The van der Waals surface area contributed by atoms with Crippen molar-refractivity contribution in [2.75, 3.05) is 10.6 Å². The SMILES string of the molecule is CC(Sc1cccc(NC(=O)/C(=C/c2ccc(F)cc2)NC(=O)c2ccccc2)c1)C(=O)Nc1ccc(Cl)cc1. The molecule has 0 fully saturated rings. The lowest BCUT2D eigenvalue weighted by atomic mass is 10.1. The predicted octanol–water partition coefficient (Wildman–Crippen LogP) is 7.01. The number of carbonyl (C=O) groups is 3. The minimum Gasteiger partial charge on any atom is -0.325 e. The molecular formula is C31H25ClFN3O3S. The molecule has 0 spiro atoms. The number of benzene rings is 4. The Labute approximate surface area is 240 Å². The highest BCUT2D eigenvalue weighted by Gasteiger charge is 2.17. The molecule has 0 aromatic heterocycles. The summed E-state index contributed by atoms with van der Waals surface area (Å²) >= 11 is 7.23. The van der Waals surface area contributed by atoms with Crippen molar-refractivity contribution in [2.24, 2.45) is 0 Å². The van der Waals surface area contributed by atoms with Crippen LogP contribution in [0.15, 0.2) is 114 Å². The Balaban J connectivity index is 1.47. The average molecular weight is 574 g/mol. The predicted molar refractivity (Wildman–Crippen MR) is 159 cm³/mol. The third-order valence-corrected chi connectivity index (χ3v) is 6.94. The lowest BCUT2D eigenvalue weighted by Gasteiger charge is -2.14. The normalized spacial score (nSPS) is 11.8. The van der Waals surface area contributed by atoms with Gasteiger partial charge in [-0.25, -0.2) is 4.39 Å². The maximum Gasteiger partial charge on any atom is 0.272 e. The monoisotopic (exact) mass is 573 g/mol. The number of carbonyl (C=O) groups excluding carboxylic acids is 3. The smallest absolute Gasteiger partial charge is 0.272 e. The zero-order chi connectivity index (χ0) is 28.5. The van der Waals surface area contributed by atoms with Crippen LogP contribution in [0, 0.1) is 5.82 Å². The molecule has 202 valence electrons. The number of amides is 3. The molecule has 4 aromatic rings. The van der Waals surface area contributed by atoms with Gasteiger partial charge in [0.15, 0.2) is 0 Å². The fourth-order valence-electron chi connectivity index (χ4n) is 3.55. The molecule has 4 rings (SSSR count). The quantitative estimate of drug-likeness (QED) is 0.148. The molecule has 1 atom stereocenters. The number of rotatable bonds is 9. The van der Waals surface area contributed by atoms with Crippen LogP contribution in [0.1, 0.15) is 22.8 Å². The summed E-state index contributed by atoms with van der Waals surface area (Å²) in [4.78, 5) is 39.5. The van der Waals surface area contributed by atoms with Gasteiger partial charge >= 0.3 is 0 Å². The Hall–Kier alpha value is -4.40. The molecule has 3 N–H and O–H groups in total. The lowest BCUT2D eigenvalue weighted by molar-refractivity contribution is -0.115. The minimum atomic E-state index is -0.565. The van der Waals surface area contributed by atoms with E-state index in [1.807, 2.05) is 6.07 Å². The van der Waals surface area contributed by atoms with Gasteiger partial charge in [0.1, 0.15) is 11.5 Å². The molecule has 0 saturated heterocycles. The molecule has 3 amide bonds. The van der Waals surface area contributed by atoms with Gasteiger partial charge in [-0.05, 0) is 85.3 Å². The van der Waals surface area contributed by atoms with Crippen molar-refractivity contribution in [3.63, 3.8) is 0 Å². The van der Waals surface area contributed by atoms with Gasteiger partial charge in [-0.1, -0.05) is 48.0 Å². The topological polar surface area (TPSA) is 87.3 Å². The van der Waals surface area contributed by atoms with Crippen LogP contribution in [0.3, 0.4) is 0 Å². The van der Waals surface area contributed by atoms with E-state index in [2.05, 4.69) is 16.0 Å². The van der Waals surface area contributed by atoms with Gasteiger partial charge in [0.05, 0.1) is 5.25 Å². The Morgan fingerprint density at radius 2 is 1.52 bits per heavy atom. The Bertz CT molecular complexity index is 1530. The molecule has 1 unspecified atom stereocenters. The van der Waals surface area contributed by atoms with Crippen molar-refractivity contribution in [1.82, 2.24) is 5.32 Å². The lowest BCUT2D eigenvalue weighted by Crippen LogP contribution is -2.30. The highest BCUT2D eigenvalue weighted by Crippen LogP contribution is 2.27. The van der Waals surface area contributed by atoms with Crippen LogP contribution in [-0.2, 0) is 9.59 Å². The maximum atomic E-state index is 13.4. The van der Waals surface area contributed by atoms with Crippen LogP contribution >= 0.6 is 23.4 Å². The van der Waals surface area contributed by atoms with Crippen LogP contribution in [0.2, 0.25) is 5.02 Å². The van der Waals surface area contributed by atoms with E-state index in [0.29, 0.717) is 27.5 Å². The Morgan fingerprint density at radius 1 is 0.825 bits per heavy atom. The molecule has 0 heterocycles. The number of nitrogens with one attached hydrogen (secondary N) is 3. The molecule has 0 aliphatic carbocycles. The summed E-state index contributed by atoms with van der Waals surface area (Å²) in [6.45, 7) is 1.78. The number of anilines is 2. The second kappa shape index (κ2) is 13.6. The van der Waals surface area contributed by atoms with Crippen molar-refractivity contribution in [1.29, 1.82) is 0 Å². The molecule has 9 heteroatoms. The Kier molecular flexibility index (Phi) is 9.72. The van der Waals surface area contributed by atoms with Gasteiger partial charge in [0.25, 0.3) is 11.8 Å². The van der Waals surface area contributed by atoms with Gasteiger partial charge < -0.3 is 16.0 Å². The maximum absolute atomic E-state index is 13.4. The van der Waals surface area contributed by atoms with Gasteiger partial charge in [-0.2, -0.15) is 0 Å². The molecule has 0 radical (unpaired) electrons. The molecule has 6 nitrogen and oxygen atoms in total. The largest absolute Gasteiger partial charge is 0.325 e. The van der Waals surface area contributed by atoms with Crippen molar-refractivity contribution in [3.05, 3.63) is 131 Å². The summed E-state index contributed by atoms with van der Waals surface area (Å²) in [5.41, 5.74) is 2.00. The van der Waals surface area contributed by atoms with Crippen LogP contribution in [0.4, 0.5) is 15.8 Å². The number of hydrogen-bond donors (Lipinski definition) is 3. The zero-order valence-electron chi connectivity index (χ0n) is 21.4. The van der Waals surface area contributed by atoms with Gasteiger partial charge in [0, 0.05) is 26.9 Å². The van der Waals surface area contributed by atoms with E-state index in [1.165, 1.54) is 42.1 Å². The van der Waals surface area contributed by atoms with Crippen molar-refractivity contribution >= 4 is 58.5 Å². The van der Waals surface area contributed by atoms with Gasteiger partial charge in [0.2, 0.25) is 5.91 Å². The molecule has 0 bridgehead atoms. The second-order valence-corrected chi connectivity index (χ2v) is 10.5. The summed E-state index contributed by atoms with van der Waals surface area (Å²) in [5.74, 6) is -1.63. The third-order valence-electron chi connectivity index (χ3n) is 5.60. The molecule has 40 heavy (non-hydrogen) atoms. The number of halogens is 2. The zero-order valence-corrected chi connectivity index (χ0v) is 22.9. The number of thioether (sulfide) groups is 1. The molecule has 0 saturated carbocycles. The van der Waals surface area contributed by atoms with E-state index in [0.717, 1.165) is 4.90 Å². The Morgan fingerprint density at radius 3 is 2.23 bits per heavy atom. The molecular weight excluding hydrogens is 549 g/mol. The summed E-state index contributed by atoms with van der Waals surface area (Å²) in [7, 11) is 0. The first kappa shape index (κ1) is 28.6. The highest BCUT2D eigenvalue weighted by molar-refractivity contribution is 8.00. The van der Waals surface area contributed by atoms with Gasteiger partial charge in [-0.3, -0.25) is 14.4 Å². The summed E-state index contributed by atoms with van der Waals surface area (Å²) in [6, 6.07) is 27.9. The van der Waals surface area contributed by atoms with Crippen LogP contribution in [0.5, 0.6) is 0 Å². The minimum absolute atomic E-state index is 0.0192. The summed E-state index contributed by atoms with van der Waals surface area (Å²) in [5, 5.41) is 8.45. The second-order valence-electron chi connectivity index (χ2n) is 8.67. The van der Waals surface area contributed by atoms with E-state index in [9.17, 15) is 18.8 Å². The summed E-state index contributed by atoms with van der Waals surface area (Å²) in [6.07, 6.45) is 1.47. The van der Waals surface area contributed by atoms with Gasteiger partial charge in [-0.15, -0.1) is 11.8 Å². The van der Waals surface area contributed by atoms with E-state index in [1.54, 1.807) is 79.7 Å².